The first-order valence-electron chi connectivity index (χ1n) is 18.5. The van der Waals surface area contributed by atoms with Crippen molar-refractivity contribution in [1.82, 2.24) is 44.9 Å². The van der Waals surface area contributed by atoms with E-state index in [-0.39, 0.29) is 17.8 Å². The zero-order valence-electron chi connectivity index (χ0n) is 32.4. The predicted octanol–water partition coefficient (Wildman–Crippen LogP) is 9.86. The van der Waals surface area contributed by atoms with Crippen molar-refractivity contribution in [3.8, 4) is 68.3 Å². The molecule has 0 spiro atoms. The van der Waals surface area contributed by atoms with Crippen LogP contribution in [0.15, 0.2) is 103 Å². The molecule has 11 heteroatoms. The van der Waals surface area contributed by atoms with Crippen LogP contribution in [0.25, 0.3) is 68.3 Å². The Morgan fingerprint density at radius 3 is 1.07 bits per heavy atom. The Bertz CT molecular complexity index is 2510. The molecule has 0 saturated carbocycles. The third kappa shape index (κ3) is 8.45. The molecule has 55 heavy (non-hydrogen) atoms. The van der Waals surface area contributed by atoms with Gasteiger partial charge in [0.05, 0.1) is 0 Å². The fourth-order valence-electron chi connectivity index (χ4n) is 5.88. The van der Waals surface area contributed by atoms with Crippen molar-refractivity contribution in [1.29, 1.82) is 0 Å². The van der Waals surface area contributed by atoms with E-state index in [1.807, 2.05) is 103 Å². The van der Waals surface area contributed by atoms with Crippen LogP contribution in [0, 0.1) is 0 Å². The second-order valence-corrected chi connectivity index (χ2v) is 18.1. The summed E-state index contributed by atoms with van der Waals surface area (Å²) in [5.41, 5.74) is 4.95. The monoisotopic (exact) mass is 745 g/mol. The van der Waals surface area contributed by atoms with Gasteiger partial charge in [-0.1, -0.05) is 133 Å². The Kier molecular flexibility index (Phi) is 10.5. The molecule has 0 unspecified atom stereocenters. The lowest BCUT2D eigenvalue weighted by Gasteiger charge is -2.13. The molecule has 4 aromatic carbocycles. The van der Waals surface area contributed by atoms with E-state index in [0.29, 0.717) is 40.8 Å². The Balaban J connectivity index is 1.33. The van der Waals surface area contributed by atoms with Crippen LogP contribution in [-0.4, -0.2) is 58.2 Å². The number of hydrogen-bond acceptors (Lipinski definition) is 10. The van der Waals surface area contributed by atoms with Gasteiger partial charge < -0.3 is 4.57 Å². The van der Waals surface area contributed by atoms with Gasteiger partial charge in [-0.05, 0) is 25.5 Å². The molecular weight excluding hydrogens is 702 g/mol. The van der Waals surface area contributed by atoms with E-state index in [4.69, 9.17) is 44.9 Å². The molecule has 0 aliphatic carbocycles. The second kappa shape index (κ2) is 15.5. The summed E-state index contributed by atoms with van der Waals surface area (Å²) in [6.07, 6.45) is 0. The highest BCUT2D eigenvalue weighted by Crippen LogP contribution is 2.35. The summed E-state index contributed by atoms with van der Waals surface area (Å²) < 4.78 is 12.7. The van der Waals surface area contributed by atoms with Crippen LogP contribution in [0.5, 0.6) is 0 Å². The third-order valence-corrected chi connectivity index (χ3v) is 10.6. The van der Waals surface area contributed by atoms with Crippen LogP contribution in [0.2, 0.25) is 0 Å². The maximum atomic E-state index is 12.7. The fraction of sp³-hybridized carbons (Fsp3) is 0.250. The summed E-state index contributed by atoms with van der Waals surface area (Å²) in [6, 6.07) is 33.5. The summed E-state index contributed by atoms with van der Waals surface area (Å²) >= 11 is 0. The second-order valence-electron chi connectivity index (χ2n) is 14.9. The minimum atomic E-state index is -2.40. The number of aromatic nitrogens is 9. The largest absolute Gasteiger partial charge is 0.319 e. The average molecular weight is 746 g/mol. The molecule has 0 aliphatic rings. The molecule has 0 radical (unpaired) electrons. The summed E-state index contributed by atoms with van der Waals surface area (Å²) in [5.74, 6) is 5.90. The van der Waals surface area contributed by atoms with Crippen molar-refractivity contribution < 1.29 is 4.57 Å². The highest BCUT2D eigenvalue weighted by atomic mass is 31.2. The SMILES string of the molecule is CC(C)c1nc(-c2ccc(P(C)(C)=O)cc2)nc(-c2cccc(-c3nc(-c4ccccc4)nc(-c4cccc(-c5nc(C(C)C)nc(C(C)C)n5)c4)n3)c2)n1. The van der Waals surface area contributed by atoms with E-state index in [0.717, 1.165) is 50.3 Å². The number of rotatable bonds is 10. The molecule has 0 bridgehead atoms. The Morgan fingerprint density at radius 2 is 0.673 bits per heavy atom. The molecule has 0 amide bonds. The number of benzene rings is 4. The first-order valence-corrected chi connectivity index (χ1v) is 21.1. The van der Waals surface area contributed by atoms with Gasteiger partial charge in [0, 0.05) is 56.4 Å². The first-order chi connectivity index (χ1) is 26.3. The summed E-state index contributed by atoms with van der Waals surface area (Å²) in [5, 5.41) is 0.812. The van der Waals surface area contributed by atoms with Crippen molar-refractivity contribution in [3.05, 3.63) is 121 Å². The molecule has 0 N–H and O–H groups in total. The molecule has 0 fully saturated rings. The van der Waals surface area contributed by atoms with Gasteiger partial charge in [-0.15, -0.1) is 0 Å². The number of nitrogens with zero attached hydrogens (tertiary/aromatic N) is 9. The third-order valence-electron chi connectivity index (χ3n) is 9.04. The van der Waals surface area contributed by atoms with Crippen molar-refractivity contribution in [2.24, 2.45) is 0 Å². The zero-order chi connectivity index (χ0) is 38.9. The lowest BCUT2D eigenvalue weighted by molar-refractivity contribution is 0.588. The number of hydrogen-bond donors (Lipinski definition) is 0. The molecule has 0 atom stereocenters. The molecule has 276 valence electrons. The van der Waals surface area contributed by atoms with E-state index in [1.165, 1.54) is 0 Å². The first kappa shape index (κ1) is 37.5. The maximum absolute atomic E-state index is 12.7. The van der Waals surface area contributed by atoms with Crippen molar-refractivity contribution in [2.45, 2.75) is 59.3 Å². The average Bonchev–Trinajstić information content (AvgIpc) is 3.20. The van der Waals surface area contributed by atoms with Gasteiger partial charge >= 0.3 is 0 Å². The van der Waals surface area contributed by atoms with Crippen LogP contribution in [0.1, 0.15) is 76.8 Å². The Labute approximate surface area is 322 Å². The molecular formula is C44H44N9OP. The molecule has 0 aliphatic heterocycles. The van der Waals surface area contributed by atoms with E-state index in [1.54, 1.807) is 13.3 Å². The van der Waals surface area contributed by atoms with E-state index >= 15 is 0 Å². The maximum Gasteiger partial charge on any atom is 0.164 e. The lowest BCUT2D eigenvalue weighted by Crippen LogP contribution is -2.08. The molecule has 3 aromatic heterocycles. The van der Waals surface area contributed by atoms with Crippen molar-refractivity contribution in [3.63, 3.8) is 0 Å². The van der Waals surface area contributed by atoms with Gasteiger partial charge in [0.15, 0.2) is 34.9 Å². The minimum absolute atomic E-state index is 0.0659. The van der Waals surface area contributed by atoms with Crippen molar-refractivity contribution >= 4 is 12.4 Å². The van der Waals surface area contributed by atoms with Crippen LogP contribution in [0.4, 0.5) is 0 Å². The fourth-order valence-corrected chi connectivity index (χ4v) is 6.75. The van der Waals surface area contributed by atoms with Gasteiger partial charge in [0.2, 0.25) is 0 Å². The van der Waals surface area contributed by atoms with Crippen LogP contribution >= 0.6 is 7.14 Å². The summed E-state index contributed by atoms with van der Waals surface area (Å²) in [4.78, 5) is 44.0. The zero-order valence-corrected chi connectivity index (χ0v) is 33.3. The normalized spacial score (nSPS) is 11.8. The van der Waals surface area contributed by atoms with Crippen LogP contribution < -0.4 is 5.30 Å². The molecule has 7 rings (SSSR count). The van der Waals surface area contributed by atoms with Crippen LogP contribution in [-0.2, 0) is 4.57 Å². The van der Waals surface area contributed by atoms with Crippen molar-refractivity contribution in [2.75, 3.05) is 13.3 Å². The van der Waals surface area contributed by atoms with Gasteiger partial charge in [-0.2, -0.15) is 0 Å². The molecule has 3 heterocycles. The topological polar surface area (TPSA) is 133 Å². The predicted molar refractivity (Wildman–Crippen MR) is 221 cm³/mol. The van der Waals surface area contributed by atoms with Gasteiger partial charge in [0.25, 0.3) is 0 Å². The van der Waals surface area contributed by atoms with Gasteiger partial charge in [-0.3, -0.25) is 0 Å². The summed E-state index contributed by atoms with van der Waals surface area (Å²) in [7, 11) is -2.40. The minimum Gasteiger partial charge on any atom is -0.319 e. The molecule has 10 nitrogen and oxygen atoms in total. The Hall–Kier alpha value is -5.86. The molecule has 7 aromatic rings. The van der Waals surface area contributed by atoms with E-state index in [9.17, 15) is 4.57 Å². The smallest absolute Gasteiger partial charge is 0.164 e. The standard InChI is InChI=1S/C44H44N9OP/c1-26(2)36-45-37(27(3)4)48-41(47-36)31-16-12-18-33(24-31)43-50-39(29-14-10-9-11-15-29)51-44(53-43)34-19-13-17-32(25-34)42-49-38(28(5)6)46-40(52-42)30-20-22-35(23-21-30)55(7,8)54/h9-28H,1-8H3. The van der Waals surface area contributed by atoms with E-state index < -0.39 is 7.14 Å². The highest BCUT2D eigenvalue weighted by molar-refractivity contribution is 7.70. The summed E-state index contributed by atoms with van der Waals surface area (Å²) in [6.45, 7) is 16.0. The highest BCUT2D eigenvalue weighted by Gasteiger charge is 2.19. The van der Waals surface area contributed by atoms with Gasteiger partial charge in [-0.25, -0.2) is 44.9 Å². The van der Waals surface area contributed by atoms with Gasteiger partial charge in [0.1, 0.15) is 24.6 Å². The van der Waals surface area contributed by atoms with Crippen LogP contribution in [0.3, 0.4) is 0 Å². The molecule has 0 saturated heterocycles. The van der Waals surface area contributed by atoms with E-state index in [2.05, 4.69) is 41.5 Å². The quantitative estimate of drug-likeness (QED) is 0.125. The Morgan fingerprint density at radius 1 is 0.364 bits per heavy atom. The lowest BCUT2D eigenvalue weighted by atomic mass is 10.1.